The zero-order chi connectivity index (χ0) is 15.2. The van der Waals surface area contributed by atoms with E-state index in [-0.39, 0.29) is 17.9 Å². The highest BCUT2D eigenvalue weighted by atomic mass is 19.1. The Balaban J connectivity index is 2.30. The lowest BCUT2D eigenvalue weighted by Crippen LogP contribution is -2.13. The lowest BCUT2D eigenvalue weighted by molar-refractivity contribution is 0.102. The highest BCUT2D eigenvalue weighted by Gasteiger charge is 2.13. The van der Waals surface area contributed by atoms with Crippen molar-refractivity contribution in [2.45, 2.75) is 0 Å². The van der Waals surface area contributed by atoms with E-state index in [1.54, 1.807) is 24.3 Å². The molecule has 0 aliphatic rings. The number of benzene rings is 2. The number of carbonyl (C=O) groups is 1. The molecule has 0 bridgehead atoms. The summed E-state index contributed by atoms with van der Waals surface area (Å²) in [7, 11) is 0. The zero-order valence-electron chi connectivity index (χ0n) is 10.9. The molecule has 0 aromatic heterocycles. The van der Waals surface area contributed by atoms with Crippen molar-refractivity contribution in [1.82, 2.24) is 0 Å². The molecular formula is C16H12FNO3. The lowest BCUT2D eigenvalue weighted by Gasteiger charge is -2.08. The molecule has 106 valence electrons. The molecule has 2 aromatic rings. The van der Waals surface area contributed by atoms with Gasteiger partial charge in [0.1, 0.15) is 18.2 Å². The van der Waals surface area contributed by atoms with E-state index in [4.69, 9.17) is 5.11 Å². The monoisotopic (exact) mass is 285 g/mol. The average molecular weight is 285 g/mol. The quantitative estimate of drug-likeness (QED) is 0.740. The van der Waals surface area contributed by atoms with Crippen molar-refractivity contribution in [1.29, 1.82) is 0 Å². The number of hydrogen-bond acceptors (Lipinski definition) is 3. The van der Waals surface area contributed by atoms with Crippen LogP contribution in [-0.4, -0.2) is 22.7 Å². The number of phenolic OH excluding ortho intramolecular Hbond substituents is 1. The van der Waals surface area contributed by atoms with Gasteiger partial charge in [-0.15, -0.1) is 0 Å². The molecule has 0 aliphatic heterocycles. The second kappa shape index (κ2) is 6.55. The van der Waals surface area contributed by atoms with E-state index in [1.807, 2.05) is 0 Å². The molecule has 21 heavy (non-hydrogen) atoms. The topological polar surface area (TPSA) is 69.6 Å². The van der Waals surface area contributed by atoms with Crippen molar-refractivity contribution >= 4 is 11.6 Å². The van der Waals surface area contributed by atoms with E-state index in [2.05, 4.69) is 17.2 Å². The summed E-state index contributed by atoms with van der Waals surface area (Å²) in [5.41, 5.74) is 0.753. The fourth-order valence-corrected chi connectivity index (χ4v) is 1.72. The first-order chi connectivity index (χ1) is 10.1. The van der Waals surface area contributed by atoms with Crippen LogP contribution in [0.3, 0.4) is 0 Å². The van der Waals surface area contributed by atoms with Gasteiger partial charge in [0.2, 0.25) is 0 Å². The van der Waals surface area contributed by atoms with Crippen LogP contribution < -0.4 is 5.32 Å². The Morgan fingerprint density at radius 2 is 2.00 bits per heavy atom. The summed E-state index contributed by atoms with van der Waals surface area (Å²) in [5.74, 6) is 3.60. The molecule has 0 saturated carbocycles. The third-order valence-electron chi connectivity index (χ3n) is 2.68. The van der Waals surface area contributed by atoms with E-state index in [0.29, 0.717) is 11.3 Å². The van der Waals surface area contributed by atoms with Gasteiger partial charge in [-0.2, -0.15) is 0 Å². The number of aromatic hydroxyl groups is 1. The van der Waals surface area contributed by atoms with Gasteiger partial charge in [-0.05, 0) is 30.3 Å². The number of aliphatic hydroxyl groups excluding tert-OH is 1. The molecule has 2 aromatic carbocycles. The Kier molecular flexibility index (Phi) is 4.54. The fraction of sp³-hybridized carbons (Fsp3) is 0.0625. The first kappa shape index (κ1) is 14.6. The fourth-order valence-electron chi connectivity index (χ4n) is 1.72. The molecule has 0 atom stereocenters. The maximum Gasteiger partial charge on any atom is 0.259 e. The Labute approximate surface area is 120 Å². The Bertz CT molecular complexity index is 732. The van der Waals surface area contributed by atoms with Gasteiger partial charge in [-0.1, -0.05) is 24.0 Å². The summed E-state index contributed by atoms with van der Waals surface area (Å²) in [6.45, 7) is -0.299. The van der Waals surface area contributed by atoms with Crippen molar-refractivity contribution in [3.8, 4) is 17.6 Å². The number of hydrogen-bond donors (Lipinski definition) is 3. The van der Waals surface area contributed by atoms with Gasteiger partial charge in [0, 0.05) is 5.56 Å². The molecule has 1 amide bonds. The van der Waals surface area contributed by atoms with Gasteiger partial charge in [-0.25, -0.2) is 4.39 Å². The molecule has 5 heteroatoms. The standard InChI is InChI=1S/C16H12FNO3/c17-12-7-8-15(20)13(10-12)16(21)18-14-6-2-1-4-11(14)5-3-9-19/h1-2,4,6-8,10,19-20H,9H2,(H,18,21). The second-order valence-corrected chi connectivity index (χ2v) is 4.12. The highest BCUT2D eigenvalue weighted by molar-refractivity contribution is 6.06. The molecule has 2 rings (SSSR count). The first-order valence-corrected chi connectivity index (χ1v) is 6.10. The predicted octanol–water partition coefficient (Wildman–Crippen LogP) is 2.13. The first-order valence-electron chi connectivity index (χ1n) is 6.10. The number of anilines is 1. The summed E-state index contributed by atoms with van der Waals surface area (Å²) < 4.78 is 13.2. The number of amides is 1. The second-order valence-electron chi connectivity index (χ2n) is 4.12. The van der Waals surface area contributed by atoms with Crippen LogP contribution in [0.25, 0.3) is 0 Å². The van der Waals surface area contributed by atoms with Gasteiger partial charge in [-0.3, -0.25) is 4.79 Å². The third-order valence-corrected chi connectivity index (χ3v) is 2.68. The van der Waals surface area contributed by atoms with Crippen LogP contribution >= 0.6 is 0 Å². The summed E-state index contributed by atoms with van der Waals surface area (Å²) in [6.07, 6.45) is 0. The van der Waals surface area contributed by atoms with Crippen molar-refractivity contribution < 1.29 is 19.4 Å². The van der Waals surface area contributed by atoms with Gasteiger partial charge in [0.15, 0.2) is 0 Å². The Morgan fingerprint density at radius 3 is 2.76 bits per heavy atom. The van der Waals surface area contributed by atoms with Crippen molar-refractivity contribution in [3.05, 3.63) is 59.4 Å². The summed E-state index contributed by atoms with van der Waals surface area (Å²) in [6, 6.07) is 9.85. The van der Waals surface area contributed by atoms with Gasteiger partial charge in [0.05, 0.1) is 11.3 Å². The molecule has 3 N–H and O–H groups in total. The average Bonchev–Trinajstić information content (AvgIpc) is 2.48. The van der Waals surface area contributed by atoms with Gasteiger partial charge < -0.3 is 15.5 Å². The van der Waals surface area contributed by atoms with Crippen molar-refractivity contribution in [3.63, 3.8) is 0 Å². The molecule has 0 radical (unpaired) electrons. The summed E-state index contributed by atoms with van der Waals surface area (Å²) >= 11 is 0. The van der Waals surface area contributed by atoms with Crippen LogP contribution in [0.4, 0.5) is 10.1 Å². The number of para-hydroxylation sites is 1. The van der Waals surface area contributed by atoms with Gasteiger partial charge >= 0.3 is 0 Å². The van der Waals surface area contributed by atoms with E-state index < -0.39 is 11.7 Å². The molecule has 0 spiro atoms. The minimum Gasteiger partial charge on any atom is -0.507 e. The Morgan fingerprint density at radius 1 is 1.24 bits per heavy atom. The predicted molar refractivity (Wildman–Crippen MR) is 76.4 cm³/mol. The van der Waals surface area contributed by atoms with Crippen LogP contribution in [-0.2, 0) is 0 Å². The van der Waals surface area contributed by atoms with Crippen molar-refractivity contribution in [2.24, 2.45) is 0 Å². The number of halogens is 1. The van der Waals surface area contributed by atoms with Crippen LogP contribution in [0.15, 0.2) is 42.5 Å². The minimum atomic E-state index is -0.648. The maximum atomic E-state index is 13.2. The molecule has 4 nitrogen and oxygen atoms in total. The maximum absolute atomic E-state index is 13.2. The molecule has 0 fully saturated rings. The zero-order valence-corrected chi connectivity index (χ0v) is 10.9. The van der Waals surface area contributed by atoms with Crippen LogP contribution in [0, 0.1) is 17.7 Å². The normalized spacial score (nSPS) is 9.62. The molecule has 0 saturated heterocycles. The highest BCUT2D eigenvalue weighted by Crippen LogP contribution is 2.21. The Hall–Kier alpha value is -2.84. The lowest BCUT2D eigenvalue weighted by atomic mass is 10.1. The smallest absolute Gasteiger partial charge is 0.259 e. The number of aliphatic hydroxyl groups is 1. The number of phenols is 1. The van der Waals surface area contributed by atoms with Crippen LogP contribution in [0.5, 0.6) is 5.75 Å². The largest absolute Gasteiger partial charge is 0.507 e. The molecule has 0 heterocycles. The van der Waals surface area contributed by atoms with Gasteiger partial charge in [0.25, 0.3) is 5.91 Å². The number of nitrogens with one attached hydrogen (secondary N) is 1. The van der Waals surface area contributed by atoms with Crippen molar-refractivity contribution in [2.75, 3.05) is 11.9 Å². The van der Waals surface area contributed by atoms with E-state index in [0.717, 1.165) is 18.2 Å². The summed E-state index contributed by atoms with van der Waals surface area (Å²) in [4.78, 5) is 12.1. The SMILES string of the molecule is O=C(Nc1ccccc1C#CCO)c1cc(F)ccc1O. The third kappa shape index (κ3) is 3.59. The number of rotatable bonds is 2. The molecule has 0 aliphatic carbocycles. The summed E-state index contributed by atoms with van der Waals surface area (Å²) in [5, 5.41) is 20.9. The van der Waals surface area contributed by atoms with E-state index in [1.165, 1.54) is 0 Å². The van der Waals surface area contributed by atoms with E-state index >= 15 is 0 Å². The van der Waals surface area contributed by atoms with Crippen LogP contribution in [0.2, 0.25) is 0 Å². The molecule has 0 unspecified atom stereocenters. The molecular weight excluding hydrogens is 273 g/mol. The number of carbonyl (C=O) groups excluding carboxylic acids is 1. The van der Waals surface area contributed by atoms with E-state index in [9.17, 15) is 14.3 Å². The van der Waals surface area contributed by atoms with Crippen LogP contribution in [0.1, 0.15) is 15.9 Å². The minimum absolute atomic E-state index is 0.167.